The summed E-state index contributed by atoms with van der Waals surface area (Å²) in [5, 5.41) is 0. The van der Waals surface area contributed by atoms with E-state index in [4.69, 9.17) is 0 Å². The molecule has 0 rings (SSSR count). The molecule has 0 atom stereocenters. The molecule has 0 amide bonds. The predicted molar refractivity (Wildman–Crippen MR) is 58.6 cm³/mol. The highest BCUT2D eigenvalue weighted by Crippen LogP contribution is 2.15. The Morgan fingerprint density at radius 3 is 1.75 bits per heavy atom. The van der Waals surface area contributed by atoms with Crippen LogP contribution < -0.4 is 0 Å². The van der Waals surface area contributed by atoms with Gasteiger partial charge in [-0.15, -0.1) is 0 Å². The number of rotatable bonds is 4. The smallest absolute Gasteiger partial charge is 0.0147 e. The van der Waals surface area contributed by atoms with Gasteiger partial charge < -0.3 is 4.90 Å². The van der Waals surface area contributed by atoms with E-state index in [-0.39, 0.29) is 0 Å². The molecule has 12 heavy (non-hydrogen) atoms. The van der Waals surface area contributed by atoms with Gasteiger partial charge in [-0.1, -0.05) is 27.7 Å². The fraction of sp³-hybridized carbons (Fsp3) is 1.00. The third kappa shape index (κ3) is 5.59. The van der Waals surface area contributed by atoms with Crippen molar-refractivity contribution in [1.29, 1.82) is 0 Å². The lowest BCUT2D eigenvalue weighted by Crippen LogP contribution is -2.40. The molecule has 0 N–H and O–H groups in total. The van der Waals surface area contributed by atoms with Gasteiger partial charge in [-0.2, -0.15) is 0 Å². The van der Waals surface area contributed by atoms with E-state index in [0.717, 1.165) is 0 Å². The minimum absolute atomic E-state index is 0.385. The van der Waals surface area contributed by atoms with Gasteiger partial charge >= 0.3 is 0 Å². The van der Waals surface area contributed by atoms with Gasteiger partial charge in [0.1, 0.15) is 0 Å². The summed E-state index contributed by atoms with van der Waals surface area (Å²) in [5.41, 5.74) is 0.385. The highest BCUT2D eigenvalue weighted by Gasteiger charge is 2.19. The summed E-state index contributed by atoms with van der Waals surface area (Å²) < 4.78 is 0. The third-order valence-corrected chi connectivity index (χ3v) is 2.46. The van der Waals surface area contributed by atoms with Crippen molar-refractivity contribution in [2.45, 2.75) is 59.9 Å². The molecule has 0 aromatic heterocycles. The van der Waals surface area contributed by atoms with Crippen molar-refractivity contribution < 1.29 is 0 Å². The van der Waals surface area contributed by atoms with Crippen LogP contribution in [0.5, 0.6) is 0 Å². The van der Waals surface area contributed by atoms with Gasteiger partial charge in [0, 0.05) is 5.54 Å². The highest BCUT2D eigenvalue weighted by atomic mass is 15.2. The maximum Gasteiger partial charge on any atom is 0.0147 e. The number of hydrogen-bond acceptors (Lipinski definition) is 1. The first kappa shape index (κ1) is 14.5. The lowest BCUT2D eigenvalue weighted by molar-refractivity contribution is 0.151. The maximum atomic E-state index is 2.42. The molecule has 0 saturated carbocycles. The zero-order valence-electron chi connectivity index (χ0n) is 10.1. The lowest BCUT2D eigenvalue weighted by Gasteiger charge is -2.34. The average molecular weight is 173 g/mol. The molecule has 0 spiro atoms. The summed E-state index contributed by atoms with van der Waals surface area (Å²) in [6, 6.07) is 0. The molecule has 1 nitrogen and oxygen atoms in total. The normalized spacial score (nSPS) is 11.0. The van der Waals surface area contributed by atoms with Crippen LogP contribution in [0.2, 0.25) is 0 Å². The van der Waals surface area contributed by atoms with E-state index in [9.17, 15) is 0 Å². The van der Waals surface area contributed by atoms with Crippen LogP contribution in [0.3, 0.4) is 0 Å². The lowest BCUT2D eigenvalue weighted by atomic mass is 10.00. The standard InChI is InChI=1S/C9H21N.C2H6/c1-6-8-10(5)9(3,4)7-2;1-2/h6-8H2,1-5H3;1-2H3. The summed E-state index contributed by atoms with van der Waals surface area (Å²) in [6.45, 7) is 14.3. The molecule has 0 aromatic carbocycles. The molecule has 76 valence electrons. The van der Waals surface area contributed by atoms with Gasteiger partial charge in [-0.05, 0) is 40.3 Å². The average Bonchev–Trinajstić information content (AvgIpc) is 2.08. The van der Waals surface area contributed by atoms with Crippen LogP contribution in [0, 0.1) is 0 Å². The summed E-state index contributed by atoms with van der Waals surface area (Å²) in [4.78, 5) is 2.42. The minimum atomic E-state index is 0.385. The molecule has 0 aliphatic heterocycles. The Kier molecular flexibility index (Phi) is 9.17. The Morgan fingerprint density at radius 2 is 1.50 bits per heavy atom. The predicted octanol–water partition coefficient (Wildman–Crippen LogP) is 3.54. The first-order valence-electron chi connectivity index (χ1n) is 5.25. The Labute approximate surface area is 79.2 Å². The van der Waals surface area contributed by atoms with Crippen LogP contribution in [-0.2, 0) is 0 Å². The highest BCUT2D eigenvalue weighted by molar-refractivity contribution is 4.76. The molecule has 0 aliphatic rings. The van der Waals surface area contributed by atoms with Crippen molar-refractivity contribution in [3.63, 3.8) is 0 Å². The molecule has 1 heteroatoms. The van der Waals surface area contributed by atoms with E-state index < -0.39 is 0 Å². The maximum absolute atomic E-state index is 2.42. The second-order valence-electron chi connectivity index (χ2n) is 3.59. The van der Waals surface area contributed by atoms with Crippen molar-refractivity contribution in [3.8, 4) is 0 Å². The molecule has 0 aromatic rings. The molecular weight excluding hydrogens is 146 g/mol. The summed E-state index contributed by atoms with van der Waals surface area (Å²) in [5.74, 6) is 0. The van der Waals surface area contributed by atoms with E-state index in [1.165, 1.54) is 19.4 Å². The van der Waals surface area contributed by atoms with Crippen LogP contribution in [0.25, 0.3) is 0 Å². The molecular formula is C11H27N. The molecule has 0 saturated heterocycles. The van der Waals surface area contributed by atoms with Gasteiger partial charge in [0.15, 0.2) is 0 Å². The molecule has 0 unspecified atom stereocenters. The molecule has 0 heterocycles. The first-order chi connectivity index (χ1) is 5.54. The number of nitrogens with zero attached hydrogens (tertiary/aromatic N) is 1. The van der Waals surface area contributed by atoms with Crippen molar-refractivity contribution in [3.05, 3.63) is 0 Å². The zero-order chi connectivity index (χ0) is 10.2. The Hall–Kier alpha value is -0.0400. The van der Waals surface area contributed by atoms with Gasteiger partial charge in [0.25, 0.3) is 0 Å². The van der Waals surface area contributed by atoms with Crippen LogP contribution in [0.15, 0.2) is 0 Å². The van der Waals surface area contributed by atoms with E-state index in [1.807, 2.05) is 13.8 Å². The summed E-state index contributed by atoms with van der Waals surface area (Å²) in [7, 11) is 2.20. The second-order valence-corrected chi connectivity index (χ2v) is 3.59. The quantitative estimate of drug-likeness (QED) is 0.628. The first-order valence-corrected chi connectivity index (χ1v) is 5.25. The van der Waals surface area contributed by atoms with Gasteiger partial charge in [-0.3, -0.25) is 0 Å². The monoisotopic (exact) mass is 173 g/mol. The van der Waals surface area contributed by atoms with E-state index in [1.54, 1.807) is 0 Å². The largest absolute Gasteiger partial charge is 0.301 e. The molecule has 0 fully saturated rings. The van der Waals surface area contributed by atoms with Crippen LogP contribution in [0.1, 0.15) is 54.4 Å². The molecule has 0 radical (unpaired) electrons. The van der Waals surface area contributed by atoms with E-state index in [0.29, 0.717) is 5.54 Å². The van der Waals surface area contributed by atoms with Crippen molar-refractivity contribution in [2.24, 2.45) is 0 Å². The van der Waals surface area contributed by atoms with Gasteiger partial charge in [0.2, 0.25) is 0 Å². The number of hydrogen-bond donors (Lipinski definition) is 0. The van der Waals surface area contributed by atoms with Crippen LogP contribution in [0.4, 0.5) is 0 Å². The fourth-order valence-electron chi connectivity index (χ4n) is 0.908. The summed E-state index contributed by atoms with van der Waals surface area (Å²) in [6.07, 6.45) is 2.48. The van der Waals surface area contributed by atoms with E-state index in [2.05, 4.69) is 39.6 Å². The molecule has 0 aliphatic carbocycles. The summed E-state index contributed by atoms with van der Waals surface area (Å²) >= 11 is 0. The van der Waals surface area contributed by atoms with Gasteiger partial charge in [-0.25, -0.2) is 0 Å². The second kappa shape index (κ2) is 7.60. The fourth-order valence-corrected chi connectivity index (χ4v) is 0.908. The molecule has 0 bridgehead atoms. The topological polar surface area (TPSA) is 3.24 Å². The van der Waals surface area contributed by atoms with E-state index >= 15 is 0 Å². The Balaban J connectivity index is 0. The zero-order valence-corrected chi connectivity index (χ0v) is 10.1. The van der Waals surface area contributed by atoms with Crippen LogP contribution >= 0.6 is 0 Å². The minimum Gasteiger partial charge on any atom is -0.301 e. The van der Waals surface area contributed by atoms with Gasteiger partial charge in [0.05, 0.1) is 0 Å². The van der Waals surface area contributed by atoms with Crippen molar-refractivity contribution in [2.75, 3.05) is 13.6 Å². The van der Waals surface area contributed by atoms with Crippen molar-refractivity contribution >= 4 is 0 Å². The Morgan fingerprint density at radius 1 is 1.08 bits per heavy atom. The third-order valence-electron chi connectivity index (χ3n) is 2.46. The van der Waals surface area contributed by atoms with Crippen LogP contribution in [-0.4, -0.2) is 24.0 Å². The van der Waals surface area contributed by atoms with Crippen molar-refractivity contribution in [1.82, 2.24) is 4.90 Å². The Bertz CT molecular complexity index is 87.0. The SMILES string of the molecule is CC.CCCN(C)C(C)(C)CC.